The molecular weight excluding hydrogens is 408 g/mol. The molecule has 2 aromatic rings. The Hall–Kier alpha value is -3.26. The van der Waals surface area contributed by atoms with Gasteiger partial charge in [0, 0.05) is 11.5 Å². The van der Waals surface area contributed by atoms with Crippen molar-refractivity contribution in [2.24, 2.45) is 0 Å². The number of sulfone groups is 1. The number of carbonyl (C=O) groups is 1. The Kier molecular flexibility index (Phi) is 7.66. The molecule has 0 bridgehead atoms. The molecule has 30 heavy (non-hydrogen) atoms. The van der Waals surface area contributed by atoms with Gasteiger partial charge in [-0.25, -0.2) is 8.42 Å². The van der Waals surface area contributed by atoms with Gasteiger partial charge in [-0.1, -0.05) is 12.1 Å². The highest BCUT2D eigenvalue weighted by molar-refractivity contribution is 8.03. The van der Waals surface area contributed by atoms with Crippen LogP contribution in [0.4, 0.5) is 0 Å². The Morgan fingerprint density at radius 1 is 0.800 bits per heavy atom. The Bertz CT molecular complexity index is 1040. The molecule has 0 fully saturated rings. The molecule has 0 atom stereocenters. The van der Waals surface area contributed by atoms with Gasteiger partial charge in [-0.05, 0) is 37.3 Å². The quantitative estimate of drug-likeness (QED) is 0.558. The van der Waals surface area contributed by atoms with Crippen LogP contribution in [0.15, 0.2) is 47.9 Å². The van der Waals surface area contributed by atoms with E-state index in [-0.39, 0.29) is 22.0 Å². The lowest BCUT2D eigenvalue weighted by atomic mass is 10.1. The highest BCUT2D eigenvalue weighted by Gasteiger charge is 2.25. The number of benzene rings is 2. The summed E-state index contributed by atoms with van der Waals surface area (Å²) in [6, 6.07) is 9.94. The van der Waals surface area contributed by atoms with E-state index in [1.807, 2.05) is 0 Å². The third kappa shape index (κ3) is 5.01. The zero-order valence-electron chi connectivity index (χ0n) is 17.5. The Labute approximate surface area is 176 Å². The normalized spacial score (nSPS) is 12.0. The summed E-state index contributed by atoms with van der Waals surface area (Å²) in [5.41, 5.74) is 0.606. The number of ether oxygens (including phenoxy) is 4. The first kappa shape index (κ1) is 23.0. The lowest BCUT2D eigenvalue weighted by molar-refractivity contribution is -0.112. The van der Waals surface area contributed by atoms with Crippen LogP contribution in [0.1, 0.15) is 18.1 Å². The average molecular weight is 432 g/mol. The van der Waals surface area contributed by atoms with Crippen LogP contribution in [0.2, 0.25) is 0 Å². The van der Waals surface area contributed by atoms with E-state index in [4.69, 9.17) is 18.9 Å². The molecule has 2 aromatic carbocycles. The van der Waals surface area contributed by atoms with E-state index >= 15 is 0 Å². The van der Waals surface area contributed by atoms with E-state index in [9.17, 15) is 13.2 Å². The Balaban J connectivity index is 2.69. The molecule has 0 aliphatic rings. The molecule has 0 saturated carbocycles. The Morgan fingerprint density at radius 2 is 1.23 bits per heavy atom. The molecule has 0 aromatic heterocycles. The topological polar surface area (TPSA) is 88.1 Å². The van der Waals surface area contributed by atoms with Crippen LogP contribution in [0.5, 0.6) is 23.0 Å². The summed E-state index contributed by atoms with van der Waals surface area (Å²) >= 11 is 0. The summed E-state index contributed by atoms with van der Waals surface area (Å²) in [5.74, 6) is 0.952. The van der Waals surface area contributed by atoms with E-state index in [2.05, 4.69) is 0 Å². The third-order valence-corrected chi connectivity index (χ3v) is 5.62. The number of hydrogen-bond acceptors (Lipinski definition) is 7. The summed E-state index contributed by atoms with van der Waals surface area (Å²) in [5, 5.41) is 0.994. The predicted molar refractivity (Wildman–Crippen MR) is 116 cm³/mol. The van der Waals surface area contributed by atoms with Crippen molar-refractivity contribution in [1.82, 2.24) is 0 Å². The van der Waals surface area contributed by atoms with E-state index < -0.39 is 15.6 Å². The predicted octanol–water partition coefficient (Wildman–Crippen LogP) is 3.74. The molecule has 7 nitrogen and oxygen atoms in total. The summed E-state index contributed by atoms with van der Waals surface area (Å²) in [6.07, 6.45) is 2.41. The van der Waals surface area contributed by atoms with E-state index in [0.717, 1.165) is 11.5 Å². The van der Waals surface area contributed by atoms with Crippen LogP contribution in [-0.4, -0.2) is 42.6 Å². The molecule has 0 radical (unpaired) electrons. The average Bonchev–Trinajstić information content (AvgIpc) is 2.74. The van der Waals surface area contributed by atoms with Crippen molar-refractivity contribution < 1.29 is 32.2 Å². The van der Waals surface area contributed by atoms with Gasteiger partial charge in [0.15, 0.2) is 5.78 Å². The fourth-order valence-electron chi connectivity index (χ4n) is 2.85. The largest absolute Gasteiger partial charge is 0.496 e. The van der Waals surface area contributed by atoms with Crippen molar-refractivity contribution >= 4 is 26.6 Å². The minimum Gasteiger partial charge on any atom is -0.496 e. The number of carbonyl (C=O) groups excluding carboxylic acids is 1. The van der Waals surface area contributed by atoms with Crippen molar-refractivity contribution in [3.05, 3.63) is 59.0 Å². The van der Waals surface area contributed by atoms with Gasteiger partial charge in [0.2, 0.25) is 9.84 Å². The summed E-state index contributed by atoms with van der Waals surface area (Å²) in [7, 11) is 1.67. The zero-order chi connectivity index (χ0) is 22.3. The Morgan fingerprint density at radius 3 is 1.63 bits per heavy atom. The maximum Gasteiger partial charge on any atom is 0.200 e. The highest BCUT2D eigenvalue weighted by Crippen LogP contribution is 2.39. The van der Waals surface area contributed by atoms with Gasteiger partial charge in [0.05, 0.1) is 44.5 Å². The summed E-state index contributed by atoms with van der Waals surface area (Å²) in [6.45, 7) is 1.27. The van der Waals surface area contributed by atoms with Gasteiger partial charge >= 0.3 is 0 Å². The molecule has 0 unspecified atom stereocenters. The molecule has 0 heterocycles. The summed E-state index contributed by atoms with van der Waals surface area (Å²) < 4.78 is 47.8. The van der Waals surface area contributed by atoms with Crippen LogP contribution < -0.4 is 18.9 Å². The van der Waals surface area contributed by atoms with Crippen molar-refractivity contribution in [2.75, 3.05) is 28.4 Å². The molecule has 0 amide bonds. The second-order valence-corrected chi connectivity index (χ2v) is 7.88. The van der Waals surface area contributed by atoms with Gasteiger partial charge in [0.25, 0.3) is 0 Å². The number of methoxy groups -OCH3 is 4. The first-order chi connectivity index (χ1) is 14.3. The number of ketones is 1. The fraction of sp³-hybridized carbons (Fsp3) is 0.227. The van der Waals surface area contributed by atoms with Crippen LogP contribution >= 0.6 is 0 Å². The van der Waals surface area contributed by atoms with Gasteiger partial charge in [-0.15, -0.1) is 0 Å². The molecule has 0 N–H and O–H groups in total. The molecular formula is C22H24O7S. The van der Waals surface area contributed by atoms with Crippen molar-refractivity contribution in [2.45, 2.75) is 6.92 Å². The number of hydrogen-bond donors (Lipinski definition) is 0. The van der Waals surface area contributed by atoms with Gasteiger partial charge in [0.1, 0.15) is 23.0 Å². The zero-order valence-corrected chi connectivity index (χ0v) is 18.3. The smallest absolute Gasteiger partial charge is 0.200 e. The molecule has 0 spiro atoms. The molecule has 0 aliphatic carbocycles. The summed E-state index contributed by atoms with van der Waals surface area (Å²) in [4.78, 5) is 11.6. The second kappa shape index (κ2) is 9.98. The molecule has 0 aliphatic heterocycles. The van der Waals surface area contributed by atoms with Crippen molar-refractivity contribution in [1.29, 1.82) is 0 Å². The van der Waals surface area contributed by atoms with Crippen molar-refractivity contribution in [3.63, 3.8) is 0 Å². The van der Waals surface area contributed by atoms with Gasteiger partial charge in [-0.2, -0.15) is 0 Å². The minimum absolute atomic E-state index is 0.161. The third-order valence-electron chi connectivity index (χ3n) is 4.19. The lowest BCUT2D eigenvalue weighted by Gasteiger charge is -2.15. The minimum atomic E-state index is -4.10. The van der Waals surface area contributed by atoms with Crippen LogP contribution in [0.3, 0.4) is 0 Å². The first-order valence-electron chi connectivity index (χ1n) is 8.86. The van der Waals surface area contributed by atoms with E-state index in [1.54, 1.807) is 36.4 Å². The SMILES string of the molecule is COc1cccc(OC)c1C=CS(=O)(=O)/C(=C\C(C)=O)c1c(OC)cccc1OC. The maximum absolute atomic E-state index is 13.3. The second-order valence-electron chi connectivity index (χ2n) is 6.08. The van der Waals surface area contributed by atoms with Crippen LogP contribution in [0.25, 0.3) is 11.0 Å². The number of rotatable bonds is 9. The monoisotopic (exact) mass is 432 g/mol. The van der Waals surface area contributed by atoms with Crippen molar-refractivity contribution in [3.8, 4) is 23.0 Å². The molecule has 160 valence electrons. The van der Waals surface area contributed by atoms with Gasteiger partial charge < -0.3 is 18.9 Å². The standard InChI is InChI=1S/C22H24O7S/c1-15(23)14-21(22-19(28-4)10-7-11-20(22)29-5)30(24,25)13-12-16-17(26-2)8-6-9-18(16)27-3/h6-14H,1-5H3/b13-12?,21-14-. The fourth-order valence-corrected chi connectivity index (χ4v) is 4.13. The first-order valence-corrected chi connectivity index (χ1v) is 10.4. The van der Waals surface area contributed by atoms with Crippen LogP contribution in [-0.2, 0) is 14.6 Å². The maximum atomic E-state index is 13.3. The van der Waals surface area contributed by atoms with E-state index in [0.29, 0.717) is 17.1 Å². The lowest BCUT2D eigenvalue weighted by Crippen LogP contribution is -2.06. The van der Waals surface area contributed by atoms with Gasteiger partial charge in [-0.3, -0.25) is 4.79 Å². The van der Waals surface area contributed by atoms with E-state index in [1.165, 1.54) is 41.4 Å². The highest BCUT2D eigenvalue weighted by atomic mass is 32.2. The molecule has 0 saturated heterocycles. The van der Waals surface area contributed by atoms with Crippen LogP contribution in [0, 0.1) is 0 Å². The number of allylic oxidation sites excluding steroid dienone is 1. The molecule has 8 heteroatoms. The molecule has 2 rings (SSSR count).